The largest absolute Gasteiger partial charge is 0.463 e. The Morgan fingerprint density at radius 3 is 2.68 bits per heavy atom. The van der Waals surface area contributed by atoms with E-state index in [1.165, 1.54) is 25.7 Å². The molecule has 19 heavy (non-hydrogen) atoms. The van der Waals surface area contributed by atoms with Crippen LogP contribution in [-0.4, -0.2) is 41.7 Å². The maximum Gasteiger partial charge on any atom is 0.323 e. The summed E-state index contributed by atoms with van der Waals surface area (Å²) in [6, 6.07) is 0.446. The minimum atomic E-state index is 0.446. The molecule has 6 nitrogen and oxygen atoms in total. The van der Waals surface area contributed by atoms with Crippen molar-refractivity contribution in [1.29, 1.82) is 0 Å². The molecular formula is C13H21N5O. The van der Waals surface area contributed by atoms with E-state index in [9.17, 15) is 0 Å². The molecule has 1 aromatic heterocycles. The maximum absolute atomic E-state index is 5.67. The van der Waals surface area contributed by atoms with Crippen LogP contribution in [-0.2, 0) is 0 Å². The summed E-state index contributed by atoms with van der Waals surface area (Å²) in [5, 5.41) is 2.97. The predicted octanol–water partition coefficient (Wildman–Crippen LogP) is 1.69. The van der Waals surface area contributed by atoms with Crippen LogP contribution >= 0.6 is 0 Å². The summed E-state index contributed by atoms with van der Waals surface area (Å²) in [6.07, 6.45) is 6.22. The molecule has 0 bridgehead atoms. The Hall–Kier alpha value is -1.59. The zero-order chi connectivity index (χ0) is 13.1. The second-order valence-electron chi connectivity index (χ2n) is 5.27. The predicted molar refractivity (Wildman–Crippen MR) is 73.7 cm³/mol. The molecule has 1 N–H and O–H groups in total. The van der Waals surface area contributed by atoms with Crippen LogP contribution in [0.25, 0.3) is 0 Å². The van der Waals surface area contributed by atoms with Gasteiger partial charge in [-0.2, -0.15) is 15.0 Å². The normalized spacial score (nSPS) is 18.7. The van der Waals surface area contributed by atoms with Crippen LogP contribution in [0.2, 0.25) is 0 Å². The first kappa shape index (κ1) is 12.4. The lowest BCUT2D eigenvalue weighted by Gasteiger charge is -2.16. The third-order valence-electron chi connectivity index (χ3n) is 3.67. The van der Waals surface area contributed by atoms with Crippen molar-refractivity contribution in [2.45, 2.75) is 32.1 Å². The molecule has 2 fully saturated rings. The quantitative estimate of drug-likeness (QED) is 0.842. The summed E-state index contributed by atoms with van der Waals surface area (Å²) in [5.41, 5.74) is 0. The Morgan fingerprint density at radius 2 is 2.00 bits per heavy atom. The minimum Gasteiger partial charge on any atom is -0.463 e. The van der Waals surface area contributed by atoms with E-state index in [0.717, 1.165) is 31.4 Å². The van der Waals surface area contributed by atoms with Crippen molar-refractivity contribution < 1.29 is 4.74 Å². The Kier molecular flexibility index (Phi) is 3.66. The molecule has 104 valence electrons. The van der Waals surface area contributed by atoms with Crippen molar-refractivity contribution >= 4 is 11.9 Å². The molecule has 0 amide bonds. The number of rotatable bonds is 6. The third-order valence-corrected chi connectivity index (χ3v) is 3.67. The molecule has 1 saturated heterocycles. The van der Waals surface area contributed by atoms with E-state index >= 15 is 0 Å². The van der Waals surface area contributed by atoms with Crippen LogP contribution in [0.15, 0.2) is 0 Å². The van der Waals surface area contributed by atoms with Crippen molar-refractivity contribution in [3.63, 3.8) is 0 Å². The van der Waals surface area contributed by atoms with Gasteiger partial charge in [0.05, 0.1) is 6.61 Å². The van der Waals surface area contributed by atoms with Crippen molar-refractivity contribution in [3.8, 4) is 6.01 Å². The number of ether oxygens (including phenoxy) is 1. The number of hydrogen-bond donors (Lipinski definition) is 1. The Bertz CT molecular complexity index is 429. The summed E-state index contributed by atoms with van der Waals surface area (Å²) < 4.78 is 5.67. The fourth-order valence-corrected chi connectivity index (χ4v) is 2.30. The minimum absolute atomic E-state index is 0.446. The number of anilines is 2. The summed E-state index contributed by atoms with van der Waals surface area (Å²) in [5.74, 6) is 2.18. The molecule has 6 heteroatoms. The first-order valence-electron chi connectivity index (χ1n) is 7.17. The van der Waals surface area contributed by atoms with E-state index in [2.05, 4.69) is 25.2 Å². The lowest BCUT2D eigenvalue weighted by molar-refractivity contribution is 0.279. The van der Waals surface area contributed by atoms with Gasteiger partial charge in [-0.1, -0.05) is 12.8 Å². The molecule has 1 aromatic rings. The highest BCUT2D eigenvalue weighted by Crippen LogP contribution is 2.32. The topological polar surface area (TPSA) is 63.2 Å². The second-order valence-corrected chi connectivity index (χ2v) is 5.27. The molecule has 1 aliphatic heterocycles. The van der Waals surface area contributed by atoms with Crippen LogP contribution in [0, 0.1) is 5.92 Å². The van der Waals surface area contributed by atoms with Crippen LogP contribution in [0.4, 0.5) is 11.9 Å². The fraction of sp³-hybridized carbons (Fsp3) is 0.769. The number of nitrogens with one attached hydrogen (secondary N) is 1. The van der Waals surface area contributed by atoms with E-state index in [0.29, 0.717) is 18.6 Å². The van der Waals surface area contributed by atoms with Crippen LogP contribution in [0.5, 0.6) is 6.01 Å². The maximum atomic E-state index is 5.67. The van der Waals surface area contributed by atoms with Crippen LogP contribution < -0.4 is 15.0 Å². The molecule has 2 heterocycles. The van der Waals surface area contributed by atoms with Gasteiger partial charge in [0.1, 0.15) is 0 Å². The van der Waals surface area contributed by atoms with Gasteiger partial charge in [0.15, 0.2) is 0 Å². The number of hydrogen-bond acceptors (Lipinski definition) is 6. The zero-order valence-corrected chi connectivity index (χ0v) is 11.4. The van der Waals surface area contributed by atoms with E-state index in [4.69, 9.17) is 4.74 Å². The van der Waals surface area contributed by atoms with Gasteiger partial charge in [-0.15, -0.1) is 0 Å². The van der Waals surface area contributed by atoms with Crippen molar-refractivity contribution in [2.24, 2.45) is 5.92 Å². The molecule has 0 unspecified atom stereocenters. The highest BCUT2D eigenvalue weighted by molar-refractivity contribution is 5.38. The van der Waals surface area contributed by atoms with Crippen molar-refractivity contribution in [1.82, 2.24) is 15.0 Å². The molecule has 0 spiro atoms. The Labute approximate surface area is 113 Å². The average Bonchev–Trinajstić information content (AvgIpc) is 3.09. The van der Waals surface area contributed by atoms with E-state index in [1.807, 2.05) is 7.05 Å². The molecule has 0 atom stereocenters. The summed E-state index contributed by atoms with van der Waals surface area (Å²) in [7, 11) is 1.82. The van der Waals surface area contributed by atoms with Gasteiger partial charge in [0, 0.05) is 20.1 Å². The zero-order valence-electron chi connectivity index (χ0n) is 11.4. The molecule has 2 aliphatic rings. The number of nitrogens with zero attached hydrogens (tertiary/aromatic N) is 4. The molecule has 0 radical (unpaired) electrons. The van der Waals surface area contributed by atoms with Gasteiger partial charge in [0.2, 0.25) is 11.9 Å². The Balaban J connectivity index is 1.67. The first-order valence-corrected chi connectivity index (χ1v) is 7.17. The lowest BCUT2D eigenvalue weighted by Crippen LogP contribution is -2.21. The van der Waals surface area contributed by atoms with Crippen molar-refractivity contribution in [2.75, 3.05) is 37.0 Å². The highest BCUT2D eigenvalue weighted by atomic mass is 16.5. The van der Waals surface area contributed by atoms with Gasteiger partial charge in [-0.3, -0.25) is 0 Å². The third kappa shape index (κ3) is 3.24. The second kappa shape index (κ2) is 5.59. The highest BCUT2D eigenvalue weighted by Gasteiger charge is 2.21. The number of aromatic nitrogens is 3. The molecule has 3 rings (SSSR count). The fourth-order valence-electron chi connectivity index (χ4n) is 2.30. The van der Waals surface area contributed by atoms with E-state index in [-0.39, 0.29) is 0 Å². The lowest BCUT2D eigenvalue weighted by atomic mass is 10.3. The molecule has 1 saturated carbocycles. The summed E-state index contributed by atoms with van der Waals surface area (Å²) in [4.78, 5) is 15.3. The molecule has 0 aromatic carbocycles. The average molecular weight is 263 g/mol. The summed E-state index contributed by atoms with van der Waals surface area (Å²) in [6.45, 7) is 2.75. The summed E-state index contributed by atoms with van der Waals surface area (Å²) >= 11 is 0. The van der Waals surface area contributed by atoms with E-state index in [1.54, 1.807) is 0 Å². The van der Waals surface area contributed by atoms with Gasteiger partial charge in [-0.25, -0.2) is 0 Å². The molecular weight excluding hydrogens is 242 g/mol. The van der Waals surface area contributed by atoms with Crippen LogP contribution in [0.3, 0.4) is 0 Å². The van der Waals surface area contributed by atoms with Gasteiger partial charge in [-0.05, 0) is 25.2 Å². The molecule has 1 aliphatic carbocycles. The standard InChI is InChI=1S/C13H21N5O/c1-14-11-15-12(18-7-2-3-8-18)17-13(16-11)19-9-6-10-4-5-10/h10H,2-9H2,1H3,(H,14,15,16,17). The van der Waals surface area contributed by atoms with E-state index < -0.39 is 0 Å². The Morgan fingerprint density at radius 1 is 1.21 bits per heavy atom. The first-order chi connectivity index (χ1) is 9.35. The van der Waals surface area contributed by atoms with Gasteiger partial charge < -0.3 is 15.0 Å². The van der Waals surface area contributed by atoms with Crippen molar-refractivity contribution in [3.05, 3.63) is 0 Å². The smallest absolute Gasteiger partial charge is 0.323 e. The van der Waals surface area contributed by atoms with Crippen LogP contribution in [0.1, 0.15) is 32.1 Å². The monoisotopic (exact) mass is 263 g/mol. The van der Waals surface area contributed by atoms with Gasteiger partial charge in [0.25, 0.3) is 0 Å². The SMILES string of the molecule is CNc1nc(OCCC2CC2)nc(N2CCCC2)n1. The van der Waals surface area contributed by atoms with Gasteiger partial charge >= 0.3 is 6.01 Å².